The molecule has 0 unspecified atom stereocenters. The highest BCUT2D eigenvalue weighted by Crippen LogP contribution is 2.17. The van der Waals surface area contributed by atoms with Gasteiger partial charge in [0.15, 0.2) is 0 Å². The average molecular weight is 283 g/mol. The molecule has 0 spiro atoms. The summed E-state index contributed by atoms with van der Waals surface area (Å²) in [7, 11) is 0. The van der Waals surface area contributed by atoms with Gasteiger partial charge in [-0.05, 0) is 41.8 Å². The van der Waals surface area contributed by atoms with Crippen LogP contribution in [0.1, 0.15) is 22.3 Å². The van der Waals surface area contributed by atoms with Crippen molar-refractivity contribution in [2.24, 2.45) is 0 Å². The Labute approximate surface area is 124 Å². The summed E-state index contributed by atoms with van der Waals surface area (Å²) in [5.41, 5.74) is 3.81. The molecule has 20 heavy (non-hydrogen) atoms. The third-order valence-electron chi connectivity index (χ3n) is 3.15. The van der Waals surface area contributed by atoms with Gasteiger partial charge in [-0.15, -0.1) is 6.42 Å². The minimum atomic E-state index is 0.181. The van der Waals surface area contributed by atoms with E-state index >= 15 is 0 Å². The molecule has 2 heteroatoms. The second kappa shape index (κ2) is 6.41. The Balaban J connectivity index is 2.01. The Morgan fingerprint density at radius 3 is 2.30 bits per heavy atom. The molecule has 1 nitrogen and oxygen atoms in total. The van der Waals surface area contributed by atoms with Crippen LogP contribution in [0.4, 0.5) is 0 Å². The smallest absolute Gasteiger partial charge is 0.141 e. The maximum absolute atomic E-state index is 12.1. The minimum absolute atomic E-state index is 0.181. The fourth-order valence-corrected chi connectivity index (χ4v) is 2.17. The SMILES string of the molecule is C#Cc1ccc(CC(=O)Cc2ccc(Cl)c(C)c2)cc1. The summed E-state index contributed by atoms with van der Waals surface area (Å²) in [5.74, 6) is 2.74. The molecule has 0 radical (unpaired) electrons. The van der Waals surface area contributed by atoms with Crippen LogP contribution in [-0.4, -0.2) is 5.78 Å². The molecule has 0 N–H and O–H groups in total. The van der Waals surface area contributed by atoms with Crippen molar-refractivity contribution in [1.29, 1.82) is 0 Å². The number of Topliss-reactive ketones (excluding diaryl/α,β-unsaturated/α-hetero) is 1. The van der Waals surface area contributed by atoms with Gasteiger partial charge in [-0.2, -0.15) is 0 Å². The van der Waals surface area contributed by atoms with Crippen molar-refractivity contribution in [3.05, 3.63) is 69.7 Å². The number of hydrogen-bond acceptors (Lipinski definition) is 1. The normalized spacial score (nSPS) is 10.1. The lowest BCUT2D eigenvalue weighted by atomic mass is 10.0. The number of halogens is 1. The van der Waals surface area contributed by atoms with Crippen molar-refractivity contribution in [2.45, 2.75) is 19.8 Å². The van der Waals surface area contributed by atoms with Crippen LogP contribution in [0.3, 0.4) is 0 Å². The molecule has 0 aliphatic heterocycles. The highest BCUT2D eigenvalue weighted by Gasteiger charge is 2.06. The Morgan fingerprint density at radius 2 is 1.70 bits per heavy atom. The number of hydrogen-bond donors (Lipinski definition) is 0. The summed E-state index contributed by atoms with van der Waals surface area (Å²) in [6.07, 6.45) is 6.15. The fourth-order valence-electron chi connectivity index (χ4n) is 2.05. The summed E-state index contributed by atoms with van der Waals surface area (Å²) in [4.78, 5) is 12.1. The Kier molecular flexibility index (Phi) is 4.61. The van der Waals surface area contributed by atoms with E-state index < -0.39 is 0 Å². The lowest BCUT2D eigenvalue weighted by Crippen LogP contribution is -2.06. The number of carbonyl (C=O) groups is 1. The van der Waals surface area contributed by atoms with Gasteiger partial charge in [0.25, 0.3) is 0 Å². The molecule has 2 aromatic carbocycles. The molecule has 100 valence electrons. The predicted octanol–water partition coefficient (Wildman–Crippen LogP) is 3.98. The standard InChI is InChI=1S/C18H15ClO/c1-3-14-4-6-15(7-5-14)11-17(20)12-16-8-9-18(19)13(2)10-16/h1,4-10H,11-12H2,2H3. The van der Waals surface area contributed by atoms with Crippen LogP contribution in [0.2, 0.25) is 5.02 Å². The van der Waals surface area contributed by atoms with Crippen LogP contribution in [0.25, 0.3) is 0 Å². The van der Waals surface area contributed by atoms with Gasteiger partial charge in [0, 0.05) is 23.4 Å². The first-order valence-corrected chi connectivity index (χ1v) is 6.78. The van der Waals surface area contributed by atoms with Crippen LogP contribution < -0.4 is 0 Å². The van der Waals surface area contributed by atoms with Crippen LogP contribution in [0.5, 0.6) is 0 Å². The number of benzene rings is 2. The van der Waals surface area contributed by atoms with E-state index in [0.29, 0.717) is 12.8 Å². The Morgan fingerprint density at radius 1 is 1.10 bits per heavy atom. The van der Waals surface area contributed by atoms with E-state index in [9.17, 15) is 4.79 Å². The molecule has 0 fully saturated rings. The van der Waals surface area contributed by atoms with Crippen LogP contribution in [0, 0.1) is 19.3 Å². The van der Waals surface area contributed by atoms with Crippen molar-refractivity contribution in [1.82, 2.24) is 0 Å². The summed E-state index contributed by atoms with van der Waals surface area (Å²) in [6.45, 7) is 1.94. The topological polar surface area (TPSA) is 17.1 Å². The fraction of sp³-hybridized carbons (Fsp3) is 0.167. The molecule has 0 aromatic heterocycles. The third-order valence-corrected chi connectivity index (χ3v) is 3.57. The molecular weight excluding hydrogens is 268 g/mol. The van der Waals surface area contributed by atoms with Crippen molar-refractivity contribution >= 4 is 17.4 Å². The predicted molar refractivity (Wildman–Crippen MR) is 83.0 cm³/mol. The first kappa shape index (κ1) is 14.4. The van der Waals surface area contributed by atoms with Gasteiger partial charge >= 0.3 is 0 Å². The van der Waals surface area contributed by atoms with Gasteiger partial charge in [0.05, 0.1) is 0 Å². The molecule has 0 saturated heterocycles. The van der Waals surface area contributed by atoms with Crippen LogP contribution in [-0.2, 0) is 17.6 Å². The van der Waals surface area contributed by atoms with E-state index in [0.717, 1.165) is 27.3 Å². The number of aryl methyl sites for hydroxylation is 1. The van der Waals surface area contributed by atoms with E-state index in [-0.39, 0.29) is 5.78 Å². The second-order valence-corrected chi connectivity index (χ2v) is 5.22. The monoisotopic (exact) mass is 282 g/mol. The molecule has 0 aliphatic carbocycles. The van der Waals surface area contributed by atoms with E-state index in [2.05, 4.69) is 5.92 Å². The van der Waals surface area contributed by atoms with Gasteiger partial charge in [-0.1, -0.05) is 41.8 Å². The zero-order valence-corrected chi connectivity index (χ0v) is 12.1. The van der Waals surface area contributed by atoms with Crippen molar-refractivity contribution in [3.63, 3.8) is 0 Å². The minimum Gasteiger partial charge on any atom is -0.299 e. The van der Waals surface area contributed by atoms with Crippen molar-refractivity contribution < 1.29 is 4.79 Å². The molecule has 0 aliphatic rings. The van der Waals surface area contributed by atoms with Gasteiger partial charge < -0.3 is 0 Å². The van der Waals surface area contributed by atoms with Crippen molar-refractivity contribution in [3.8, 4) is 12.3 Å². The molecule has 2 rings (SSSR count). The number of rotatable bonds is 4. The quantitative estimate of drug-likeness (QED) is 0.775. The van der Waals surface area contributed by atoms with Gasteiger partial charge in [-0.3, -0.25) is 4.79 Å². The largest absolute Gasteiger partial charge is 0.299 e. The molecule has 0 amide bonds. The Hall–Kier alpha value is -2.04. The second-order valence-electron chi connectivity index (χ2n) is 4.82. The third kappa shape index (κ3) is 3.73. The van der Waals surface area contributed by atoms with Gasteiger partial charge in [-0.25, -0.2) is 0 Å². The molecule has 0 atom stereocenters. The first-order chi connectivity index (χ1) is 9.58. The maximum atomic E-state index is 12.1. The molecule has 0 saturated carbocycles. The zero-order valence-electron chi connectivity index (χ0n) is 11.3. The molecule has 0 heterocycles. The van der Waals surface area contributed by atoms with Crippen LogP contribution >= 0.6 is 11.6 Å². The molecule has 0 bridgehead atoms. The van der Waals surface area contributed by atoms with Gasteiger partial charge in [0.2, 0.25) is 0 Å². The molecular formula is C18H15ClO. The van der Waals surface area contributed by atoms with Crippen LogP contribution in [0.15, 0.2) is 42.5 Å². The van der Waals surface area contributed by atoms with E-state index in [1.54, 1.807) is 0 Å². The summed E-state index contributed by atoms with van der Waals surface area (Å²) in [5, 5.41) is 0.728. The summed E-state index contributed by atoms with van der Waals surface area (Å²) < 4.78 is 0. The molecule has 2 aromatic rings. The summed E-state index contributed by atoms with van der Waals surface area (Å²) in [6, 6.07) is 13.2. The number of terminal acetylenes is 1. The Bertz CT molecular complexity index is 663. The van der Waals surface area contributed by atoms with E-state index in [1.165, 1.54) is 0 Å². The highest BCUT2D eigenvalue weighted by molar-refractivity contribution is 6.31. The number of ketones is 1. The lowest BCUT2D eigenvalue weighted by molar-refractivity contribution is -0.117. The van der Waals surface area contributed by atoms with E-state index in [1.807, 2.05) is 49.4 Å². The average Bonchev–Trinajstić information content (AvgIpc) is 2.44. The summed E-state index contributed by atoms with van der Waals surface area (Å²) >= 11 is 5.97. The maximum Gasteiger partial charge on any atom is 0.141 e. The highest BCUT2D eigenvalue weighted by atomic mass is 35.5. The van der Waals surface area contributed by atoms with E-state index in [4.69, 9.17) is 18.0 Å². The van der Waals surface area contributed by atoms with Gasteiger partial charge in [0.1, 0.15) is 5.78 Å². The zero-order chi connectivity index (χ0) is 14.5. The number of carbonyl (C=O) groups excluding carboxylic acids is 1. The lowest BCUT2D eigenvalue weighted by Gasteiger charge is -2.04. The van der Waals surface area contributed by atoms with Crippen molar-refractivity contribution in [2.75, 3.05) is 0 Å². The first-order valence-electron chi connectivity index (χ1n) is 6.41.